The number of benzene rings is 2. The van der Waals surface area contributed by atoms with Crippen LogP contribution in [0, 0.1) is 5.82 Å². The van der Waals surface area contributed by atoms with Crippen LogP contribution in [0.3, 0.4) is 0 Å². The van der Waals surface area contributed by atoms with Crippen LogP contribution in [-0.2, 0) is 4.79 Å². The number of aliphatic imine (C=N–C) groups is 1. The first-order valence-corrected chi connectivity index (χ1v) is 7.86. The third-order valence-electron chi connectivity index (χ3n) is 3.91. The molecule has 1 aliphatic heterocycles. The Bertz CT molecular complexity index is 1020. The zero-order chi connectivity index (χ0) is 18.1. The van der Waals surface area contributed by atoms with Crippen molar-refractivity contribution in [2.45, 2.75) is 0 Å². The number of hydrogen-bond acceptors (Lipinski definition) is 4. The largest absolute Gasteiger partial charge is 0.508 e. The van der Waals surface area contributed by atoms with Crippen LogP contribution in [0.4, 0.5) is 10.1 Å². The fourth-order valence-electron chi connectivity index (χ4n) is 2.69. The van der Waals surface area contributed by atoms with Gasteiger partial charge in [0, 0.05) is 6.08 Å². The van der Waals surface area contributed by atoms with Gasteiger partial charge in [0.05, 0.1) is 17.5 Å². The Hall–Kier alpha value is -3.67. The van der Waals surface area contributed by atoms with Gasteiger partial charge in [0.25, 0.3) is 5.91 Å². The lowest BCUT2D eigenvalue weighted by molar-refractivity contribution is -0.113. The van der Waals surface area contributed by atoms with E-state index in [4.69, 9.17) is 4.42 Å². The molecule has 1 aromatic heterocycles. The Morgan fingerprint density at radius 2 is 1.81 bits per heavy atom. The van der Waals surface area contributed by atoms with E-state index >= 15 is 0 Å². The summed E-state index contributed by atoms with van der Waals surface area (Å²) in [5, 5.41) is 9.50. The number of anilines is 1. The molecule has 1 aliphatic rings. The monoisotopic (exact) mass is 348 g/mol. The minimum Gasteiger partial charge on any atom is -0.508 e. The quantitative estimate of drug-likeness (QED) is 0.729. The summed E-state index contributed by atoms with van der Waals surface area (Å²) in [5.41, 5.74) is 0.806. The number of amides is 1. The molecule has 1 N–H and O–H groups in total. The number of nitrogens with zero attached hydrogens (tertiary/aromatic N) is 2. The van der Waals surface area contributed by atoms with Gasteiger partial charge in [-0.05, 0) is 48.5 Å². The highest BCUT2D eigenvalue weighted by atomic mass is 19.1. The maximum absolute atomic E-state index is 14.3. The minimum absolute atomic E-state index is 0.0659. The normalized spacial score (nSPS) is 15.6. The second-order valence-electron chi connectivity index (χ2n) is 5.62. The van der Waals surface area contributed by atoms with E-state index in [0.717, 1.165) is 0 Å². The summed E-state index contributed by atoms with van der Waals surface area (Å²) in [4.78, 5) is 18.6. The molecular formula is C20H13FN2O3. The number of hydrogen-bond donors (Lipinski definition) is 1. The van der Waals surface area contributed by atoms with Crippen molar-refractivity contribution in [3.63, 3.8) is 0 Å². The predicted octanol–water partition coefficient (Wildman–Crippen LogP) is 3.96. The molecule has 0 atom stereocenters. The van der Waals surface area contributed by atoms with Gasteiger partial charge in [0.15, 0.2) is 5.84 Å². The van der Waals surface area contributed by atoms with Crippen molar-refractivity contribution in [1.82, 2.24) is 0 Å². The molecule has 5 nitrogen and oxygen atoms in total. The highest BCUT2D eigenvalue weighted by Gasteiger charge is 2.33. The molecular weight excluding hydrogens is 335 g/mol. The van der Waals surface area contributed by atoms with Crippen molar-refractivity contribution < 1.29 is 18.7 Å². The molecule has 0 aliphatic carbocycles. The van der Waals surface area contributed by atoms with Gasteiger partial charge in [-0.25, -0.2) is 9.38 Å². The molecule has 0 saturated heterocycles. The van der Waals surface area contributed by atoms with Crippen molar-refractivity contribution in [1.29, 1.82) is 0 Å². The van der Waals surface area contributed by atoms with E-state index in [1.807, 2.05) is 0 Å². The van der Waals surface area contributed by atoms with Crippen molar-refractivity contribution >= 4 is 23.5 Å². The second-order valence-corrected chi connectivity index (χ2v) is 5.62. The molecule has 0 spiro atoms. The summed E-state index contributed by atoms with van der Waals surface area (Å²) in [6, 6.07) is 15.6. The number of carbonyl (C=O) groups excluding carboxylic acids is 1. The van der Waals surface area contributed by atoms with Crippen LogP contribution in [0.25, 0.3) is 6.08 Å². The summed E-state index contributed by atoms with van der Waals surface area (Å²) in [6.07, 6.45) is 2.99. The molecule has 0 bridgehead atoms. The standard InChI is InChI=1S/C20H13FN2O3/c21-17-6-2-1-5-16(17)19-22-18(12-15-4-3-11-26-15)20(25)23(19)13-7-9-14(24)10-8-13/h1-12,24H/b18-12+. The highest BCUT2D eigenvalue weighted by molar-refractivity contribution is 6.33. The molecule has 2 aromatic carbocycles. The number of aromatic hydroxyl groups is 1. The number of rotatable bonds is 3. The molecule has 2 heterocycles. The van der Waals surface area contributed by atoms with E-state index in [9.17, 15) is 14.3 Å². The number of phenolic OH excluding ortho intramolecular Hbond substituents is 1. The van der Waals surface area contributed by atoms with Crippen molar-refractivity contribution in [3.05, 3.63) is 89.8 Å². The molecule has 26 heavy (non-hydrogen) atoms. The molecule has 0 fully saturated rings. The smallest absolute Gasteiger partial charge is 0.282 e. The van der Waals surface area contributed by atoms with E-state index < -0.39 is 11.7 Å². The third-order valence-corrected chi connectivity index (χ3v) is 3.91. The lowest BCUT2D eigenvalue weighted by atomic mass is 10.1. The minimum atomic E-state index is -0.484. The van der Waals surface area contributed by atoms with E-state index in [1.165, 1.54) is 35.4 Å². The summed E-state index contributed by atoms with van der Waals surface area (Å²) < 4.78 is 19.6. The van der Waals surface area contributed by atoms with Gasteiger partial charge >= 0.3 is 0 Å². The SMILES string of the molecule is O=C1/C(=C\c2ccco2)N=C(c2ccccc2F)N1c1ccc(O)cc1. The molecule has 6 heteroatoms. The van der Waals surface area contributed by atoms with Crippen LogP contribution in [0.1, 0.15) is 11.3 Å². The molecule has 4 rings (SSSR count). The number of furan rings is 1. The number of phenols is 1. The lowest BCUT2D eigenvalue weighted by Gasteiger charge is -2.18. The first-order chi connectivity index (χ1) is 12.6. The van der Waals surface area contributed by atoms with Crippen molar-refractivity contribution in [2.24, 2.45) is 4.99 Å². The topological polar surface area (TPSA) is 66.0 Å². The Kier molecular flexibility index (Phi) is 3.85. The second kappa shape index (κ2) is 6.33. The molecule has 1 amide bonds. The van der Waals surface area contributed by atoms with Crippen LogP contribution in [-0.4, -0.2) is 16.8 Å². The average Bonchev–Trinajstić information content (AvgIpc) is 3.26. The number of carbonyl (C=O) groups is 1. The van der Waals surface area contributed by atoms with Crippen LogP contribution < -0.4 is 4.90 Å². The first-order valence-electron chi connectivity index (χ1n) is 7.86. The van der Waals surface area contributed by atoms with Gasteiger partial charge in [-0.1, -0.05) is 12.1 Å². The van der Waals surface area contributed by atoms with E-state index in [0.29, 0.717) is 11.4 Å². The third kappa shape index (κ3) is 2.77. The summed E-state index contributed by atoms with van der Waals surface area (Å²) >= 11 is 0. The summed E-state index contributed by atoms with van der Waals surface area (Å²) in [7, 11) is 0. The Morgan fingerprint density at radius 3 is 2.50 bits per heavy atom. The predicted molar refractivity (Wildman–Crippen MR) is 95.2 cm³/mol. The van der Waals surface area contributed by atoms with Gasteiger partial charge in [0.1, 0.15) is 23.0 Å². The first kappa shape index (κ1) is 15.8. The lowest BCUT2D eigenvalue weighted by Crippen LogP contribution is -2.33. The van der Waals surface area contributed by atoms with Gasteiger partial charge < -0.3 is 9.52 Å². The van der Waals surface area contributed by atoms with E-state index in [2.05, 4.69) is 4.99 Å². The molecule has 0 saturated carbocycles. The highest BCUT2D eigenvalue weighted by Crippen LogP contribution is 2.29. The Morgan fingerprint density at radius 1 is 1.04 bits per heavy atom. The van der Waals surface area contributed by atoms with Gasteiger partial charge in [-0.2, -0.15) is 0 Å². The van der Waals surface area contributed by atoms with Gasteiger partial charge in [0.2, 0.25) is 0 Å². The molecule has 3 aromatic rings. The Labute approximate surface area is 148 Å². The average molecular weight is 348 g/mol. The van der Waals surface area contributed by atoms with Crippen molar-refractivity contribution in [2.75, 3.05) is 4.90 Å². The Balaban J connectivity index is 1.86. The van der Waals surface area contributed by atoms with Crippen LogP contribution >= 0.6 is 0 Å². The van der Waals surface area contributed by atoms with Gasteiger partial charge in [-0.3, -0.25) is 9.69 Å². The van der Waals surface area contributed by atoms with E-state index in [1.54, 1.807) is 42.5 Å². The zero-order valence-corrected chi connectivity index (χ0v) is 13.5. The maximum Gasteiger partial charge on any atom is 0.282 e. The zero-order valence-electron chi connectivity index (χ0n) is 13.5. The fourth-order valence-corrected chi connectivity index (χ4v) is 2.69. The summed E-state index contributed by atoms with van der Waals surface area (Å²) in [5.74, 6) is -0.183. The number of halogens is 1. The number of amidine groups is 1. The molecule has 0 radical (unpaired) electrons. The van der Waals surface area contributed by atoms with Crippen LogP contribution in [0.2, 0.25) is 0 Å². The fraction of sp³-hybridized carbons (Fsp3) is 0. The molecule has 128 valence electrons. The maximum atomic E-state index is 14.3. The molecule has 0 unspecified atom stereocenters. The van der Waals surface area contributed by atoms with Crippen LogP contribution in [0.15, 0.2) is 82.0 Å². The van der Waals surface area contributed by atoms with Crippen molar-refractivity contribution in [3.8, 4) is 5.75 Å². The van der Waals surface area contributed by atoms with Gasteiger partial charge in [-0.15, -0.1) is 0 Å². The summed E-state index contributed by atoms with van der Waals surface area (Å²) in [6.45, 7) is 0. The van der Waals surface area contributed by atoms with E-state index in [-0.39, 0.29) is 22.8 Å². The van der Waals surface area contributed by atoms with Crippen LogP contribution in [0.5, 0.6) is 5.75 Å².